The third kappa shape index (κ3) is 3.88. The quantitative estimate of drug-likeness (QED) is 0.611. The first-order chi connectivity index (χ1) is 15.6. The number of benzene rings is 2. The largest absolute Gasteiger partial charge is 0.503 e. The molecule has 1 aliphatic rings. The van der Waals surface area contributed by atoms with Gasteiger partial charge in [0.25, 0.3) is 5.91 Å². The molecule has 1 N–H and O–H groups in total. The average Bonchev–Trinajstić information content (AvgIpc) is 3.34. The summed E-state index contributed by atoms with van der Waals surface area (Å²) in [4.78, 5) is 28.0. The van der Waals surface area contributed by atoms with Crippen molar-refractivity contribution in [3.8, 4) is 17.2 Å². The van der Waals surface area contributed by atoms with Crippen molar-refractivity contribution < 1.29 is 23.8 Å². The Balaban J connectivity index is 1.84. The molecule has 33 heavy (non-hydrogen) atoms. The molecule has 8 nitrogen and oxygen atoms in total. The van der Waals surface area contributed by atoms with Gasteiger partial charge in [0.1, 0.15) is 5.75 Å². The maximum absolute atomic E-state index is 13.4. The molecule has 8 heteroatoms. The van der Waals surface area contributed by atoms with Gasteiger partial charge in [0.05, 0.1) is 18.7 Å². The molecule has 1 aliphatic heterocycles. The predicted molar refractivity (Wildman–Crippen MR) is 122 cm³/mol. The summed E-state index contributed by atoms with van der Waals surface area (Å²) in [5.41, 5.74) is 1.02. The van der Waals surface area contributed by atoms with E-state index in [1.165, 1.54) is 12.0 Å². The van der Waals surface area contributed by atoms with Gasteiger partial charge in [0, 0.05) is 29.2 Å². The standard InChI is InChI=1S/C25H25N3O5/c1-14-26-27-23(33-14)15-10-12-16(13-11-15)28-20(17-8-6-7-9-18(17)32-5)19(21(29)24(28)31)22(30)25(2,3)4/h6-13,20,29H,1-5H3. The number of nitrogens with zero attached hydrogens (tertiary/aromatic N) is 3. The summed E-state index contributed by atoms with van der Waals surface area (Å²) in [6.45, 7) is 6.96. The second-order valence-corrected chi connectivity index (χ2v) is 8.83. The van der Waals surface area contributed by atoms with Crippen LogP contribution >= 0.6 is 0 Å². The number of ether oxygens (including phenoxy) is 1. The van der Waals surface area contributed by atoms with E-state index in [0.29, 0.717) is 34.3 Å². The van der Waals surface area contributed by atoms with Crippen molar-refractivity contribution in [2.45, 2.75) is 33.7 Å². The number of amides is 1. The monoisotopic (exact) mass is 447 g/mol. The zero-order valence-corrected chi connectivity index (χ0v) is 19.1. The lowest BCUT2D eigenvalue weighted by Gasteiger charge is -2.29. The Morgan fingerprint density at radius 1 is 1.09 bits per heavy atom. The molecule has 0 radical (unpaired) electrons. The van der Waals surface area contributed by atoms with Gasteiger partial charge in [-0.2, -0.15) is 0 Å². The van der Waals surface area contributed by atoms with Gasteiger partial charge in [-0.05, 0) is 30.3 Å². The van der Waals surface area contributed by atoms with E-state index in [1.54, 1.807) is 76.2 Å². The number of para-hydroxylation sites is 1. The number of aromatic nitrogens is 2. The maximum Gasteiger partial charge on any atom is 0.294 e. The van der Waals surface area contributed by atoms with Crippen molar-refractivity contribution in [3.63, 3.8) is 0 Å². The SMILES string of the molecule is COc1ccccc1C1C(C(=O)C(C)(C)C)=C(O)C(=O)N1c1ccc(-c2nnc(C)o2)cc1. The van der Waals surface area contributed by atoms with E-state index in [2.05, 4.69) is 10.2 Å². The number of aliphatic hydroxyl groups excluding tert-OH is 1. The van der Waals surface area contributed by atoms with Crippen LogP contribution < -0.4 is 9.64 Å². The first-order valence-electron chi connectivity index (χ1n) is 10.5. The highest BCUT2D eigenvalue weighted by Gasteiger charge is 2.47. The summed E-state index contributed by atoms with van der Waals surface area (Å²) in [5, 5.41) is 18.7. The molecule has 2 aromatic carbocycles. The molecule has 2 heterocycles. The minimum absolute atomic E-state index is 0.0496. The Morgan fingerprint density at radius 3 is 2.33 bits per heavy atom. The normalized spacial score (nSPS) is 16.5. The second kappa shape index (κ2) is 8.20. The van der Waals surface area contributed by atoms with Crippen LogP contribution in [-0.2, 0) is 9.59 Å². The lowest BCUT2D eigenvalue weighted by molar-refractivity contribution is -0.123. The molecule has 0 fully saturated rings. The molecule has 0 saturated heterocycles. The van der Waals surface area contributed by atoms with E-state index >= 15 is 0 Å². The highest BCUT2D eigenvalue weighted by molar-refractivity contribution is 6.17. The first-order valence-corrected chi connectivity index (χ1v) is 10.5. The minimum atomic E-state index is -0.850. The Hall–Kier alpha value is -3.94. The van der Waals surface area contributed by atoms with Gasteiger partial charge >= 0.3 is 0 Å². The number of methoxy groups -OCH3 is 1. The van der Waals surface area contributed by atoms with Crippen molar-refractivity contribution >= 4 is 17.4 Å². The molecule has 0 aliphatic carbocycles. The third-order valence-electron chi connectivity index (χ3n) is 5.49. The summed E-state index contributed by atoms with van der Waals surface area (Å²) >= 11 is 0. The highest BCUT2D eigenvalue weighted by Crippen LogP contribution is 2.45. The molecule has 170 valence electrons. The topological polar surface area (TPSA) is 106 Å². The summed E-state index contributed by atoms with van der Waals surface area (Å²) in [6.07, 6.45) is 0. The number of ketones is 1. The van der Waals surface area contributed by atoms with Crippen molar-refractivity contribution in [2.75, 3.05) is 12.0 Å². The molecule has 0 bridgehead atoms. The Kier molecular flexibility index (Phi) is 5.53. The van der Waals surface area contributed by atoms with E-state index in [4.69, 9.17) is 9.15 Å². The molecule has 1 atom stereocenters. The zero-order valence-electron chi connectivity index (χ0n) is 19.1. The van der Waals surface area contributed by atoms with Crippen molar-refractivity contribution in [3.05, 3.63) is 71.3 Å². The Morgan fingerprint density at radius 2 is 1.76 bits per heavy atom. The number of aryl methyl sites for hydroxylation is 1. The van der Waals surface area contributed by atoms with Crippen molar-refractivity contribution in [1.82, 2.24) is 10.2 Å². The van der Waals surface area contributed by atoms with Crippen LogP contribution in [0.3, 0.4) is 0 Å². The number of anilines is 1. The number of carbonyl (C=O) groups is 2. The summed E-state index contributed by atoms with van der Waals surface area (Å²) in [7, 11) is 1.52. The van der Waals surface area contributed by atoms with Gasteiger partial charge in [0.2, 0.25) is 11.8 Å². The Bertz CT molecular complexity index is 1250. The number of hydrogen-bond acceptors (Lipinski definition) is 7. The molecule has 0 saturated carbocycles. The molecule has 3 aromatic rings. The molecule has 4 rings (SSSR count). The molecule has 1 unspecified atom stereocenters. The van der Waals surface area contributed by atoms with Crippen LogP contribution in [0.1, 0.15) is 38.3 Å². The lowest BCUT2D eigenvalue weighted by Crippen LogP contribution is -2.33. The molecular formula is C25H25N3O5. The Labute approximate surface area is 191 Å². The minimum Gasteiger partial charge on any atom is -0.503 e. The van der Waals surface area contributed by atoms with Gasteiger partial charge in [-0.1, -0.05) is 39.0 Å². The van der Waals surface area contributed by atoms with Crippen LogP contribution in [0.15, 0.2) is 64.3 Å². The van der Waals surface area contributed by atoms with Crippen LogP contribution in [0, 0.1) is 12.3 Å². The van der Waals surface area contributed by atoms with E-state index in [-0.39, 0.29) is 11.4 Å². The van der Waals surface area contributed by atoms with E-state index in [9.17, 15) is 14.7 Å². The smallest absolute Gasteiger partial charge is 0.294 e. The van der Waals surface area contributed by atoms with Gasteiger partial charge in [-0.25, -0.2) is 0 Å². The number of Topliss-reactive ketones (excluding diaryl/α,β-unsaturated/α-hetero) is 1. The predicted octanol–water partition coefficient (Wildman–Crippen LogP) is 4.57. The van der Waals surface area contributed by atoms with Gasteiger partial charge in [-0.3, -0.25) is 14.5 Å². The number of carbonyl (C=O) groups excluding carboxylic acids is 2. The fraction of sp³-hybridized carbons (Fsp3) is 0.280. The average molecular weight is 447 g/mol. The summed E-state index contributed by atoms with van der Waals surface area (Å²) in [6, 6.07) is 13.2. The zero-order chi connectivity index (χ0) is 23.9. The fourth-order valence-corrected chi connectivity index (χ4v) is 3.87. The second-order valence-electron chi connectivity index (χ2n) is 8.83. The van der Waals surface area contributed by atoms with Crippen LogP contribution in [-0.4, -0.2) is 34.1 Å². The highest BCUT2D eigenvalue weighted by atomic mass is 16.5. The summed E-state index contributed by atoms with van der Waals surface area (Å²) < 4.78 is 11.0. The summed E-state index contributed by atoms with van der Waals surface area (Å²) in [5.74, 6) is -0.212. The number of rotatable bonds is 5. The van der Waals surface area contributed by atoms with Crippen LogP contribution in [0.5, 0.6) is 5.75 Å². The van der Waals surface area contributed by atoms with Gasteiger partial charge in [0.15, 0.2) is 11.5 Å². The fourth-order valence-electron chi connectivity index (χ4n) is 3.87. The van der Waals surface area contributed by atoms with E-state index in [1.807, 2.05) is 0 Å². The molecule has 0 spiro atoms. The van der Waals surface area contributed by atoms with Crippen LogP contribution in [0.4, 0.5) is 5.69 Å². The maximum atomic E-state index is 13.4. The van der Waals surface area contributed by atoms with Gasteiger partial charge in [-0.15, -0.1) is 10.2 Å². The van der Waals surface area contributed by atoms with E-state index in [0.717, 1.165) is 0 Å². The van der Waals surface area contributed by atoms with E-state index < -0.39 is 23.1 Å². The van der Waals surface area contributed by atoms with Crippen molar-refractivity contribution in [1.29, 1.82) is 0 Å². The molecule has 1 aromatic heterocycles. The van der Waals surface area contributed by atoms with Gasteiger partial charge < -0.3 is 14.3 Å². The number of aliphatic hydroxyl groups is 1. The first kappa shape index (κ1) is 22.3. The molecular weight excluding hydrogens is 422 g/mol. The lowest BCUT2D eigenvalue weighted by atomic mass is 9.82. The number of hydrogen-bond donors (Lipinski definition) is 1. The molecule has 1 amide bonds. The third-order valence-corrected chi connectivity index (χ3v) is 5.49. The van der Waals surface area contributed by atoms with Crippen LogP contribution in [0.25, 0.3) is 11.5 Å². The van der Waals surface area contributed by atoms with Crippen LogP contribution in [0.2, 0.25) is 0 Å². The van der Waals surface area contributed by atoms with Crippen molar-refractivity contribution in [2.24, 2.45) is 5.41 Å².